The van der Waals surface area contributed by atoms with Crippen LogP contribution >= 0.6 is 0 Å². The molecule has 0 saturated carbocycles. The molecule has 0 N–H and O–H groups in total. The molecule has 0 aliphatic heterocycles. The minimum atomic E-state index is -2.53. The van der Waals surface area contributed by atoms with Crippen LogP contribution in [0.15, 0.2) is 36.5 Å². The zero-order chi connectivity index (χ0) is 18.1. The summed E-state index contributed by atoms with van der Waals surface area (Å²) in [5.74, 6) is -0.185. The van der Waals surface area contributed by atoms with Gasteiger partial charge in [0.05, 0.1) is 0 Å². The monoisotopic (exact) mass is 452 g/mol. The van der Waals surface area contributed by atoms with Crippen molar-refractivity contribution >= 4 is 22.1 Å². The van der Waals surface area contributed by atoms with E-state index < -0.39 is 18.4 Å². The quantitative estimate of drug-likeness (QED) is 0.380. The molecule has 0 amide bonds. The van der Waals surface area contributed by atoms with Gasteiger partial charge in [-0.15, -0.1) is 0 Å². The summed E-state index contributed by atoms with van der Waals surface area (Å²) in [6.07, 6.45) is 9.74. The molecule has 1 aromatic carbocycles. The van der Waals surface area contributed by atoms with E-state index in [-0.39, 0.29) is 5.82 Å². The molecule has 2 aromatic rings. The zero-order valence-corrected chi connectivity index (χ0v) is 19.0. The Labute approximate surface area is 156 Å². The summed E-state index contributed by atoms with van der Waals surface area (Å²) in [5.41, 5.74) is 1.01. The average molecular weight is 451 g/mol. The average Bonchev–Trinajstić information content (AvgIpc) is 3.12. The number of hydrogen-bond acceptors (Lipinski definition) is 1. The third-order valence-electron chi connectivity index (χ3n) is 5.28. The van der Waals surface area contributed by atoms with Crippen molar-refractivity contribution in [2.75, 3.05) is 0 Å². The van der Waals surface area contributed by atoms with Gasteiger partial charge in [-0.25, -0.2) is 0 Å². The molecule has 0 fully saturated rings. The van der Waals surface area contributed by atoms with E-state index in [4.69, 9.17) is 0 Å². The Balaban J connectivity index is 2.44. The van der Waals surface area contributed by atoms with Gasteiger partial charge in [0.2, 0.25) is 0 Å². The predicted molar refractivity (Wildman–Crippen MR) is 108 cm³/mol. The van der Waals surface area contributed by atoms with Crippen LogP contribution in [0, 0.1) is 5.82 Å². The molecule has 4 heteroatoms. The normalized spacial score (nSPS) is 11.8. The molecule has 0 saturated heterocycles. The van der Waals surface area contributed by atoms with Crippen molar-refractivity contribution in [2.45, 2.75) is 72.6 Å². The second-order valence-electron chi connectivity index (χ2n) is 7.20. The van der Waals surface area contributed by atoms with Gasteiger partial charge in [-0.3, -0.25) is 0 Å². The predicted octanol–water partition coefficient (Wildman–Crippen LogP) is 6.07. The van der Waals surface area contributed by atoms with Gasteiger partial charge in [0, 0.05) is 0 Å². The molecule has 2 nitrogen and oxygen atoms in total. The van der Waals surface area contributed by atoms with Crippen LogP contribution in [0.3, 0.4) is 0 Å². The van der Waals surface area contributed by atoms with Crippen LogP contribution in [0.2, 0.25) is 13.3 Å². The van der Waals surface area contributed by atoms with Crippen LogP contribution < -0.4 is 3.71 Å². The van der Waals surface area contributed by atoms with E-state index in [2.05, 4.69) is 36.6 Å². The molecule has 0 aliphatic rings. The summed E-state index contributed by atoms with van der Waals surface area (Å²) < 4.78 is 21.2. The fourth-order valence-corrected chi connectivity index (χ4v) is 20.0. The van der Waals surface area contributed by atoms with Crippen LogP contribution in [0.25, 0.3) is 5.69 Å². The number of hydrogen-bond donors (Lipinski definition) is 0. The molecular formula is C21H33FN2Sn. The van der Waals surface area contributed by atoms with Crippen LogP contribution in [0.1, 0.15) is 59.3 Å². The fourth-order valence-electron chi connectivity index (χ4n) is 3.80. The van der Waals surface area contributed by atoms with E-state index in [0.717, 1.165) is 5.69 Å². The van der Waals surface area contributed by atoms with Crippen molar-refractivity contribution in [1.82, 2.24) is 9.78 Å². The molecular weight excluding hydrogens is 418 g/mol. The topological polar surface area (TPSA) is 17.8 Å². The Bertz CT molecular complexity index is 599. The van der Waals surface area contributed by atoms with E-state index in [1.54, 1.807) is 12.1 Å². The number of rotatable bonds is 11. The van der Waals surface area contributed by atoms with Gasteiger partial charge in [-0.05, 0) is 0 Å². The first kappa shape index (κ1) is 20.5. The Kier molecular flexibility index (Phi) is 8.47. The third kappa shape index (κ3) is 5.32. The van der Waals surface area contributed by atoms with Crippen molar-refractivity contribution < 1.29 is 4.39 Å². The maximum absolute atomic E-state index is 13.3. The molecule has 138 valence electrons. The van der Waals surface area contributed by atoms with Crippen molar-refractivity contribution in [1.29, 1.82) is 0 Å². The SMILES string of the molecule is CCC[CH2][Sn]([CH2]CCC)([CH2]CCC)[c]1ccnn1-c1ccc(F)cc1. The standard InChI is InChI=1S/C9H6FN2.3C4H9.Sn/c10-8-2-4-9(5-3-8)12-7-1-6-11-12;3*1-3-4-2;/h1-6H;3*1,3-4H2,2H3;. The number of halogens is 1. The summed E-state index contributed by atoms with van der Waals surface area (Å²) in [4.78, 5) is 0. The van der Waals surface area contributed by atoms with Gasteiger partial charge in [0.1, 0.15) is 0 Å². The number of aromatic nitrogens is 2. The minimum absolute atomic E-state index is 0.185. The Morgan fingerprint density at radius 3 is 1.84 bits per heavy atom. The van der Waals surface area contributed by atoms with Crippen LogP contribution in [0.4, 0.5) is 4.39 Å². The molecule has 0 spiro atoms. The summed E-state index contributed by atoms with van der Waals surface area (Å²) in [6, 6.07) is 9.09. The molecule has 0 atom stereocenters. The molecule has 1 heterocycles. The van der Waals surface area contributed by atoms with Gasteiger partial charge in [0.25, 0.3) is 0 Å². The van der Waals surface area contributed by atoms with Crippen molar-refractivity contribution in [3.8, 4) is 5.69 Å². The van der Waals surface area contributed by atoms with Crippen LogP contribution in [0.5, 0.6) is 0 Å². The van der Waals surface area contributed by atoms with E-state index in [9.17, 15) is 4.39 Å². The van der Waals surface area contributed by atoms with Gasteiger partial charge in [-0.1, -0.05) is 0 Å². The van der Waals surface area contributed by atoms with Gasteiger partial charge in [-0.2, -0.15) is 0 Å². The molecule has 0 bridgehead atoms. The summed E-state index contributed by atoms with van der Waals surface area (Å²) >= 11 is -2.53. The van der Waals surface area contributed by atoms with Crippen LogP contribution in [-0.4, -0.2) is 28.2 Å². The third-order valence-corrected chi connectivity index (χ3v) is 20.7. The van der Waals surface area contributed by atoms with E-state index >= 15 is 0 Å². The number of nitrogens with zero attached hydrogens (tertiary/aromatic N) is 2. The molecule has 2 rings (SSSR count). The van der Waals surface area contributed by atoms with Gasteiger partial charge in [0.15, 0.2) is 0 Å². The van der Waals surface area contributed by atoms with E-state index in [1.807, 2.05) is 18.3 Å². The van der Waals surface area contributed by atoms with Crippen molar-refractivity contribution in [2.24, 2.45) is 0 Å². The number of benzene rings is 1. The summed E-state index contributed by atoms with van der Waals surface area (Å²) in [7, 11) is 0. The first-order valence-electron chi connectivity index (χ1n) is 9.97. The Morgan fingerprint density at radius 2 is 1.36 bits per heavy atom. The fraction of sp³-hybridized carbons (Fsp3) is 0.571. The van der Waals surface area contributed by atoms with Gasteiger partial charge < -0.3 is 0 Å². The molecule has 25 heavy (non-hydrogen) atoms. The molecule has 0 radical (unpaired) electrons. The Morgan fingerprint density at radius 1 is 0.840 bits per heavy atom. The zero-order valence-electron chi connectivity index (χ0n) is 16.1. The molecule has 1 aromatic heterocycles. The second kappa shape index (κ2) is 10.3. The molecule has 0 aliphatic carbocycles. The summed E-state index contributed by atoms with van der Waals surface area (Å²) in [5, 5.41) is 4.65. The van der Waals surface area contributed by atoms with E-state index in [0.29, 0.717) is 0 Å². The summed E-state index contributed by atoms with van der Waals surface area (Å²) in [6.45, 7) is 6.90. The van der Waals surface area contributed by atoms with E-state index in [1.165, 1.54) is 55.5 Å². The van der Waals surface area contributed by atoms with Crippen LogP contribution in [-0.2, 0) is 0 Å². The van der Waals surface area contributed by atoms with Crippen molar-refractivity contribution in [3.63, 3.8) is 0 Å². The second-order valence-corrected chi connectivity index (χ2v) is 20.2. The first-order chi connectivity index (χ1) is 12.2. The Hall–Kier alpha value is -0.841. The van der Waals surface area contributed by atoms with Crippen molar-refractivity contribution in [3.05, 3.63) is 42.3 Å². The molecule has 0 unspecified atom stereocenters. The number of unbranched alkanes of at least 4 members (excludes halogenated alkanes) is 3. The van der Waals surface area contributed by atoms with Gasteiger partial charge >= 0.3 is 157 Å². The maximum atomic E-state index is 13.3. The first-order valence-corrected chi connectivity index (χ1v) is 17.5.